The van der Waals surface area contributed by atoms with E-state index in [1.54, 1.807) is 7.11 Å². The molecule has 0 radical (unpaired) electrons. The summed E-state index contributed by atoms with van der Waals surface area (Å²) >= 11 is 0. The molecule has 0 aliphatic carbocycles. The Bertz CT molecular complexity index is 55.0. The fraction of sp³-hybridized carbons (Fsp3) is 1.00. The molecule has 0 fully saturated rings. The molecule has 1 N–H and O–H groups in total. The molecule has 1 unspecified atom stereocenters. The van der Waals surface area contributed by atoms with E-state index in [1.165, 1.54) is 12.5 Å². The van der Waals surface area contributed by atoms with Crippen LogP contribution >= 0.6 is 0 Å². The molecule has 0 saturated carbocycles. The summed E-state index contributed by atoms with van der Waals surface area (Å²) in [5.41, 5.74) is 0. The van der Waals surface area contributed by atoms with Gasteiger partial charge in [-0.25, -0.2) is 0 Å². The summed E-state index contributed by atoms with van der Waals surface area (Å²) in [6.07, 6.45) is 1.23. The monoisotopic (exact) mass is 147 g/mol. The van der Waals surface area contributed by atoms with Gasteiger partial charge in [0.2, 0.25) is 0 Å². The van der Waals surface area contributed by atoms with Gasteiger partial charge in [0, 0.05) is 7.11 Å². The van der Waals surface area contributed by atoms with Crippen molar-refractivity contribution in [2.75, 3.05) is 13.7 Å². The number of hydrogen-bond acceptors (Lipinski definition) is 2. The van der Waals surface area contributed by atoms with Crippen molar-refractivity contribution < 1.29 is 4.43 Å². The third-order valence-electron chi connectivity index (χ3n) is 1.27. The summed E-state index contributed by atoms with van der Waals surface area (Å²) in [5, 5.41) is 0. The van der Waals surface area contributed by atoms with Crippen LogP contribution in [0.15, 0.2) is 0 Å². The average molecular weight is 147 g/mol. The topological polar surface area (TPSA) is 21.3 Å². The minimum atomic E-state index is -0.963. The Labute approximate surface area is 59.4 Å². The fourth-order valence-corrected chi connectivity index (χ4v) is 2.38. The Balaban J connectivity index is 3.18. The van der Waals surface area contributed by atoms with Crippen molar-refractivity contribution >= 4 is 9.20 Å². The van der Waals surface area contributed by atoms with Gasteiger partial charge >= 0.3 is 0 Å². The average Bonchev–Trinajstić information content (AvgIpc) is 1.88. The molecule has 0 aromatic carbocycles. The van der Waals surface area contributed by atoms with Gasteiger partial charge in [0.15, 0.2) is 0 Å². The lowest BCUT2D eigenvalue weighted by Crippen LogP contribution is -2.35. The van der Waals surface area contributed by atoms with Crippen molar-refractivity contribution in [1.82, 2.24) is 4.98 Å². The summed E-state index contributed by atoms with van der Waals surface area (Å²) < 4.78 is 5.26. The maximum absolute atomic E-state index is 5.26. The molecule has 3 heteroatoms. The third kappa shape index (κ3) is 4.63. The van der Waals surface area contributed by atoms with Gasteiger partial charge in [0.1, 0.15) is 0 Å². The molecular weight excluding hydrogens is 130 g/mol. The van der Waals surface area contributed by atoms with Crippen LogP contribution in [0, 0.1) is 0 Å². The molecule has 1 atom stereocenters. The number of nitrogens with one attached hydrogen (secondary N) is 1. The molecular formula is C6H17NOSi. The van der Waals surface area contributed by atoms with E-state index in [9.17, 15) is 0 Å². The highest BCUT2D eigenvalue weighted by atomic mass is 28.3. The van der Waals surface area contributed by atoms with E-state index in [2.05, 4.69) is 18.8 Å². The van der Waals surface area contributed by atoms with Crippen molar-refractivity contribution in [2.45, 2.75) is 26.3 Å². The predicted octanol–water partition coefficient (Wildman–Crippen LogP) is 0.873. The fourth-order valence-electron chi connectivity index (χ4n) is 0.793. The Morgan fingerprint density at radius 2 is 2.11 bits per heavy atom. The van der Waals surface area contributed by atoms with Crippen LogP contribution in [-0.2, 0) is 4.43 Å². The van der Waals surface area contributed by atoms with Gasteiger partial charge in [0.25, 0.3) is 9.20 Å². The molecule has 0 aliphatic rings. The van der Waals surface area contributed by atoms with Crippen LogP contribution < -0.4 is 4.98 Å². The van der Waals surface area contributed by atoms with Gasteiger partial charge < -0.3 is 9.41 Å². The molecule has 0 spiro atoms. The van der Waals surface area contributed by atoms with E-state index >= 15 is 0 Å². The maximum atomic E-state index is 5.26. The summed E-state index contributed by atoms with van der Waals surface area (Å²) in [6, 6.07) is 1.24. The first-order chi connectivity index (χ1) is 4.35. The van der Waals surface area contributed by atoms with Crippen molar-refractivity contribution in [3.63, 3.8) is 0 Å². The predicted molar refractivity (Wildman–Crippen MR) is 42.9 cm³/mol. The Morgan fingerprint density at radius 1 is 1.44 bits per heavy atom. The van der Waals surface area contributed by atoms with Crippen LogP contribution in [0.1, 0.15) is 20.3 Å². The van der Waals surface area contributed by atoms with Crippen LogP contribution in [0.2, 0.25) is 6.04 Å². The van der Waals surface area contributed by atoms with Gasteiger partial charge in [-0.1, -0.05) is 20.3 Å². The Morgan fingerprint density at radius 3 is 2.44 bits per heavy atom. The van der Waals surface area contributed by atoms with E-state index in [0.717, 1.165) is 6.54 Å². The van der Waals surface area contributed by atoms with E-state index < -0.39 is 9.20 Å². The van der Waals surface area contributed by atoms with Crippen LogP contribution in [0.25, 0.3) is 0 Å². The van der Waals surface area contributed by atoms with Crippen LogP contribution in [-0.4, -0.2) is 22.9 Å². The van der Waals surface area contributed by atoms with Crippen molar-refractivity contribution in [1.29, 1.82) is 0 Å². The zero-order chi connectivity index (χ0) is 7.11. The van der Waals surface area contributed by atoms with Gasteiger partial charge in [-0.3, -0.25) is 0 Å². The maximum Gasteiger partial charge on any atom is 0.251 e. The minimum Gasteiger partial charge on any atom is -0.409 e. The Hall–Kier alpha value is 0.137. The first kappa shape index (κ1) is 9.14. The van der Waals surface area contributed by atoms with Crippen LogP contribution in [0.4, 0.5) is 0 Å². The molecule has 0 rings (SSSR count). The first-order valence-electron chi connectivity index (χ1n) is 3.61. The number of hydrogen-bond donors (Lipinski definition) is 1. The summed E-state index contributed by atoms with van der Waals surface area (Å²) in [6.45, 7) is 5.36. The summed E-state index contributed by atoms with van der Waals surface area (Å²) in [7, 11) is 0.838. The van der Waals surface area contributed by atoms with E-state index in [0.29, 0.717) is 0 Å². The third-order valence-corrected chi connectivity index (χ3v) is 3.80. The van der Waals surface area contributed by atoms with Gasteiger partial charge in [0.05, 0.1) is 0 Å². The lowest BCUT2D eigenvalue weighted by atomic mass is 10.6. The minimum absolute atomic E-state index is 0.963. The lowest BCUT2D eigenvalue weighted by molar-refractivity contribution is 0.406. The summed E-state index contributed by atoms with van der Waals surface area (Å²) in [5.74, 6) is 0. The molecule has 56 valence electrons. The highest BCUT2D eigenvalue weighted by Crippen LogP contribution is 1.92. The molecule has 0 aromatic rings. The number of rotatable bonds is 5. The second-order valence-electron chi connectivity index (χ2n) is 2.07. The van der Waals surface area contributed by atoms with E-state index in [-0.39, 0.29) is 0 Å². The second-order valence-corrected chi connectivity index (χ2v) is 4.50. The molecule has 0 saturated heterocycles. The molecule has 0 bridgehead atoms. The van der Waals surface area contributed by atoms with Crippen LogP contribution in [0.3, 0.4) is 0 Å². The largest absolute Gasteiger partial charge is 0.409 e. The van der Waals surface area contributed by atoms with Gasteiger partial charge in [-0.2, -0.15) is 0 Å². The lowest BCUT2D eigenvalue weighted by Gasteiger charge is -2.11. The molecule has 2 nitrogen and oxygen atoms in total. The SMILES string of the molecule is CCC[SiH](NCC)OC. The van der Waals surface area contributed by atoms with Crippen molar-refractivity contribution in [3.05, 3.63) is 0 Å². The van der Waals surface area contributed by atoms with Crippen LogP contribution in [0.5, 0.6) is 0 Å². The van der Waals surface area contributed by atoms with Crippen molar-refractivity contribution in [3.8, 4) is 0 Å². The zero-order valence-electron chi connectivity index (χ0n) is 6.61. The molecule has 0 amide bonds. The molecule has 0 heterocycles. The van der Waals surface area contributed by atoms with Crippen molar-refractivity contribution in [2.24, 2.45) is 0 Å². The standard InChI is InChI=1S/C6H17NOSi/c1-4-6-9(8-3)7-5-2/h7,9H,4-6H2,1-3H3. The van der Waals surface area contributed by atoms with E-state index in [1.807, 2.05) is 0 Å². The highest BCUT2D eigenvalue weighted by Gasteiger charge is 2.04. The highest BCUT2D eigenvalue weighted by molar-refractivity contribution is 6.48. The Kier molecular flexibility index (Phi) is 6.35. The normalized spacial score (nSPS) is 13.7. The first-order valence-corrected chi connectivity index (χ1v) is 5.47. The smallest absolute Gasteiger partial charge is 0.251 e. The zero-order valence-corrected chi connectivity index (χ0v) is 7.76. The molecule has 0 aliphatic heterocycles. The molecule has 0 aromatic heterocycles. The van der Waals surface area contributed by atoms with Gasteiger partial charge in [-0.05, 0) is 12.6 Å². The summed E-state index contributed by atoms with van der Waals surface area (Å²) in [4.78, 5) is 3.35. The van der Waals surface area contributed by atoms with E-state index in [4.69, 9.17) is 4.43 Å². The molecule has 9 heavy (non-hydrogen) atoms. The van der Waals surface area contributed by atoms with Gasteiger partial charge in [-0.15, -0.1) is 0 Å². The second kappa shape index (κ2) is 6.26. The quantitative estimate of drug-likeness (QED) is 0.583.